The van der Waals surface area contributed by atoms with Crippen molar-refractivity contribution in [3.05, 3.63) is 48.5 Å². The van der Waals surface area contributed by atoms with E-state index in [2.05, 4.69) is 0 Å². The van der Waals surface area contributed by atoms with E-state index < -0.39 is 34.2 Å². The van der Waals surface area contributed by atoms with E-state index in [0.29, 0.717) is 11.4 Å². The molecule has 0 radical (unpaired) electrons. The number of carboxylic acid groups (broad SMARTS) is 4. The first-order chi connectivity index (χ1) is 14.2. The number of hydrogen-bond donors (Lipinski definition) is 8. The molecule has 15 heteroatoms. The van der Waals surface area contributed by atoms with Crippen LogP contribution in [0.2, 0.25) is 0 Å². The maximum absolute atomic E-state index is 12.2. The van der Waals surface area contributed by atoms with Crippen LogP contribution in [0.15, 0.2) is 58.3 Å². The van der Waals surface area contributed by atoms with E-state index >= 15 is 0 Å². The third-order valence-electron chi connectivity index (χ3n) is 2.81. The summed E-state index contributed by atoms with van der Waals surface area (Å²) in [6, 6.07) is 12.2. The van der Waals surface area contributed by atoms with E-state index in [9.17, 15) is 27.6 Å². The Hall–Kier alpha value is -4.53. The second-order valence-electron chi connectivity index (χ2n) is 5.11. The average molecular weight is 458 g/mol. The monoisotopic (exact) mass is 458 g/mol. The van der Waals surface area contributed by atoms with Gasteiger partial charge in [-0.15, -0.1) is 0 Å². The average Bonchev–Trinajstić information content (AvgIpc) is 2.61. The summed E-state index contributed by atoms with van der Waals surface area (Å²) < 4.78 is 24.3. The van der Waals surface area contributed by atoms with Crippen molar-refractivity contribution < 1.29 is 48.0 Å². The fourth-order valence-electron chi connectivity index (χ4n) is 1.61. The molecule has 0 aromatic heterocycles. The van der Waals surface area contributed by atoms with Crippen molar-refractivity contribution in [2.24, 2.45) is 0 Å². The third kappa shape index (κ3) is 11.2. The van der Waals surface area contributed by atoms with Crippen LogP contribution in [-0.2, 0) is 9.84 Å². The van der Waals surface area contributed by atoms with Crippen LogP contribution in [0.3, 0.4) is 0 Å². The first-order valence-electron chi connectivity index (χ1n) is 7.67. The molecule has 2 aromatic rings. The summed E-state index contributed by atoms with van der Waals surface area (Å²) in [5.41, 5.74) is 12.1. The molecule has 0 spiro atoms. The van der Waals surface area contributed by atoms with Gasteiger partial charge in [0.1, 0.15) is 0 Å². The number of rotatable bonds is 2. The van der Waals surface area contributed by atoms with Gasteiger partial charge in [0.25, 0.3) is 0 Å². The number of carbonyl (C=O) groups is 4. The minimum absolute atomic E-state index is 0.219. The van der Waals surface area contributed by atoms with Crippen molar-refractivity contribution in [3.8, 4) is 0 Å². The Labute approximate surface area is 174 Å². The summed E-state index contributed by atoms with van der Waals surface area (Å²) in [4.78, 5) is 37.7. The molecule has 4 amide bonds. The van der Waals surface area contributed by atoms with E-state index in [0.717, 1.165) is 10.6 Å². The number of benzene rings is 2. The number of hydrogen-bond acceptors (Lipinski definition) is 8. The third-order valence-corrected chi connectivity index (χ3v) is 4.59. The van der Waals surface area contributed by atoms with Crippen molar-refractivity contribution in [1.82, 2.24) is 10.6 Å². The predicted molar refractivity (Wildman–Crippen MR) is 106 cm³/mol. The van der Waals surface area contributed by atoms with E-state index in [1.165, 1.54) is 24.3 Å². The molecule has 10 N–H and O–H groups in total. The van der Waals surface area contributed by atoms with Crippen molar-refractivity contribution in [3.63, 3.8) is 0 Å². The highest BCUT2D eigenvalue weighted by Crippen LogP contribution is 2.22. The molecule has 0 fully saturated rings. The summed E-state index contributed by atoms with van der Waals surface area (Å²) in [5, 5.41) is 32.6. The number of nitrogen functional groups attached to an aromatic ring is 2. The highest BCUT2D eigenvalue weighted by molar-refractivity contribution is 7.91. The standard InChI is InChI=1S/C12H12N2O2S.2C2H3NO4/c13-9-1-5-11(6-2-9)17(15,16)12-7-3-10(14)4-8-12;2*4-1(5)3-2(6)7/h1-8H,13-14H2;2*3H,(H,4,5)(H,6,7). The van der Waals surface area contributed by atoms with E-state index in [4.69, 9.17) is 31.9 Å². The topological polar surface area (TPSA) is 259 Å². The lowest BCUT2D eigenvalue weighted by Crippen LogP contribution is -2.26. The molecule has 0 bridgehead atoms. The molecule has 0 aliphatic rings. The minimum atomic E-state index is -3.48. The van der Waals surface area contributed by atoms with Crippen LogP contribution in [0, 0.1) is 0 Å². The SMILES string of the molecule is Nc1ccc(S(=O)(=O)c2ccc(N)cc2)cc1.O=C(O)NC(=O)O.O=C(O)NC(=O)O. The quantitative estimate of drug-likeness (QED) is 0.298. The molecule has 168 valence electrons. The highest BCUT2D eigenvalue weighted by atomic mass is 32.2. The van der Waals surface area contributed by atoms with Gasteiger partial charge in [-0.1, -0.05) is 0 Å². The Balaban J connectivity index is 0.000000536. The maximum Gasteiger partial charge on any atom is 0.414 e. The Morgan fingerprint density at radius 1 is 0.581 bits per heavy atom. The molecule has 2 rings (SSSR count). The Kier molecular flexibility index (Phi) is 10.4. The zero-order valence-electron chi connectivity index (χ0n) is 15.4. The molecule has 0 unspecified atom stereocenters. The van der Waals surface area contributed by atoms with E-state index in [1.807, 2.05) is 0 Å². The lowest BCUT2D eigenvalue weighted by molar-refractivity contribution is 0.172. The number of sulfone groups is 1. The number of imide groups is 2. The fraction of sp³-hybridized carbons (Fsp3) is 0. The molecule has 0 heterocycles. The molecule has 0 saturated carbocycles. The second kappa shape index (κ2) is 12.1. The van der Waals surface area contributed by atoms with Gasteiger partial charge in [-0.3, -0.25) is 0 Å². The lowest BCUT2D eigenvalue weighted by atomic mass is 10.3. The van der Waals surface area contributed by atoms with Crippen molar-refractivity contribution in [2.45, 2.75) is 9.79 Å². The molecular weight excluding hydrogens is 440 g/mol. The fourth-order valence-corrected chi connectivity index (χ4v) is 2.87. The van der Waals surface area contributed by atoms with Gasteiger partial charge in [0.2, 0.25) is 9.84 Å². The maximum atomic E-state index is 12.2. The van der Waals surface area contributed by atoms with Crippen LogP contribution in [0.4, 0.5) is 30.6 Å². The van der Waals surface area contributed by atoms with Crippen LogP contribution in [-0.4, -0.2) is 53.2 Å². The number of nitrogens with two attached hydrogens (primary N) is 2. The summed E-state index contributed by atoms with van der Waals surface area (Å²) in [7, 11) is -3.48. The van der Waals surface area contributed by atoms with Gasteiger partial charge in [-0.2, -0.15) is 0 Å². The minimum Gasteiger partial charge on any atom is -0.465 e. The van der Waals surface area contributed by atoms with E-state index in [-0.39, 0.29) is 9.79 Å². The van der Waals surface area contributed by atoms with Gasteiger partial charge in [0.15, 0.2) is 0 Å². The number of anilines is 2. The van der Waals surface area contributed by atoms with Crippen LogP contribution >= 0.6 is 0 Å². The molecule has 0 atom stereocenters. The van der Waals surface area contributed by atoms with Gasteiger partial charge in [-0.25, -0.2) is 38.2 Å². The molecule has 0 aliphatic carbocycles. The van der Waals surface area contributed by atoms with Gasteiger partial charge in [0, 0.05) is 11.4 Å². The summed E-state index contributed by atoms with van der Waals surface area (Å²) in [5.74, 6) is 0. The molecule has 0 aliphatic heterocycles. The lowest BCUT2D eigenvalue weighted by Gasteiger charge is -2.05. The zero-order valence-corrected chi connectivity index (χ0v) is 16.2. The molecular formula is C16H18N4O10S. The highest BCUT2D eigenvalue weighted by Gasteiger charge is 2.16. The summed E-state index contributed by atoms with van der Waals surface area (Å²) in [6.45, 7) is 0. The van der Waals surface area contributed by atoms with Crippen LogP contribution in [0.1, 0.15) is 0 Å². The van der Waals surface area contributed by atoms with Gasteiger partial charge < -0.3 is 31.9 Å². The van der Waals surface area contributed by atoms with Gasteiger partial charge in [-0.05, 0) is 48.5 Å². The second-order valence-corrected chi connectivity index (χ2v) is 7.06. The summed E-state index contributed by atoms with van der Waals surface area (Å²) in [6.07, 6.45) is -6.25. The largest absolute Gasteiger partial charge is 0.465 e. The van der Waals surface area contributed by atoms with Crippen molar-refractivity contribution in [1.29, 1.82) is 0 Å². The molecule has 2 aromatic carbocycles. The Morgan fingerprint density at radius 3 is 0.968 bits per heavy atom. The van der Waals surface area contributed by atoms with Crippen molar-refractivity contribution >= 4 is 45.6 Å². The van der Waals surface area contributed by atoms with Crippen LogP contribution in [0.25, 0.3) is 0 Å². The molecule has 0 saturated heterocycles. The summed E-state index contributed by atoms with van der Waals surface area (Å²) >= 11 is 0. The first kappa shape index (κ1) is 26.5. The molecule has 14 nitrogen and oxygen atoms in total. The molecule has 31 heavy (non-hydrogen) atoms. The van der Waals surface area contributed by atoms with Gasteiger partial charge in [0.05, 0.1) is 9.79 Å². The Bertz CT molecular complexity index is 920. The zero-order chi connectivity index (χ0) is 24.2. The van der Waals surface area contributed by atoms with Crippen LogP contribution < -0.4 is 22.1 Å². The normalized spacial score (nSPS) is 9.55. The van der Waals surface area contributed by atoms with E-state index in [1.54, 1.807) is 24.3 Å². The van der Waals surface area contributed by atoms with Crippen LogP contribution in [0.5, 0.6) is 0 Å². The van der Waals surface area contributed by atoms with Gasteiger partial charge >= 0.3 is 24.4 Å². The number of amides is 4. The smallest absolute Gasteiger partial charge is 0.414 e. The predicted octanol–water partition coefficient (Wildman–Crippen LogP) is 1.55. The first-order valence-corrected chi connectivity index (χ1v) is 9.16. The Morgan fingerprint density at radius 2 is 0.806 bits per heavy atom. The van der Waals surface area contributed by atoms with Crippen molar-refractivity contribution in [2.75, 3.05) is 11.5 Å². The number of nitrogens with one attached hydrogen (secondary N) is 2.